The van der Waals surface area contributed by atoms with Crippen LogP contribution < -0.4 is 0 Å². The molecule has 0 unspecified atom stereocenters. The highest BCUT2D eigenvalue weighted by Crippen LogP contribution is 2.35. The summed E-state index contributed by atoms with van der Waals surface area (Å²) in [6.45, 7) is 3.29. The predicted molar refractivity (Wildman–Crippen MR) is 66.3 cm³/mol. The minimum absolute atomic E-state index is 0.264. The summed E-state index contributed by atoms with van der Waals surface area (Å²) in [5.41, 5.74) is 1.38. The van der Waals surface area contributed by atoms with E-state index in [-0.39, 0.29) is 6.61 Å². The van der Waals surface area contributed by atoms with Crippen molar-refractivity contribution in [2.45, 2.75) is 38.3 Å². The molecule has 0 amide bonds. The van der Waals surface area contributed by atoms with Crippen LogP contribution in [0.2, 0.25) is 0 Å². The first-order chi connectivity index (χ1) is 7.86. The fourth-order valence-corrected chi connectivity index (χ4v) is 2.45. The quantitative estimate of drug-likeness (QED) is 0.795. The van der Waals surface area contributed by atoms with Gasteiger partial charge in [-0.1, -0.05) is 37.3 Å². The Bertz CT molecular complexity index is 308. The molecule has 0 bridgehead atoms. The maximum Gasteiger partial charge on any atom is 0.0558 e. The summed E-state index contributed by atoms with van der Waals surface area (Å²) >= 11 is 0. The van der Waals surface area contributed by atoms with Crippen molar-refractivity contribution in [3.63, 3.8) is 0 Å². The number of aliphatic hydroxyl groups is 1. The van der Waals surface area contributed by atoms with Crippen LogP contribution in [0.15, 0.2) is 30.3 Å². The van der Waals surface area contributed by atoms with Gasteiger partial charge < -0.3 is 5.11 Å². The average molecular weight is 219 g/mol. The minimum atomic E-state index is 0.264. The van der Waals surface area contributed by atoms with Crippen molar-refractivity contribution in [2.24, 2.45) is 0 Å². The predicted octanol–water partition coefficient (Wildman–Crippen LogP) is 2.59. The van der Waals surface area contributed by atoms with Gasteiger partial charge in [-0.15, -0.1) is 0 Å². The molecule has 1 saturated carbocycles. The van der Waals surface area contributed by atoms with Gasteiger partial charge in [0.05, 0.1) is 6.61 Å². The van der Waals surface area contributed by atoms with E-state index in [2.05, 4.69) is 42.2 Å². The fourth-order valence-electron chi connectivity index (χ4n) is 2.45. The summed E-state index contributed by atoms with van der Waals surface area (Å²) in [4.78, 5) is 2.47. The van der Waals surface area contributed by atoms with E-state index in [1.165, 1.54) is 18.4 Å². The van der Waals surface area contributed by atoms with Crippen molar-refractivity contribution in [3.8, 4) is 0 Å². The molecule has 1 aliphatic rings. The molecular weight excluding hydrogens is 198 g/mol. The van der Waals surface area contributed by atoms with Gasteiger partial charge in [0.2, 0.25) is 0 Å². The van der Waals surface area contributed by atoms with Crippen molar-refractivity contribution in [1.82, 2.24) is 4.90 Å². The highest BCUT2D eigenvalue weighted by Gasteiger charge is 2.33. The van der Waals surface area contributed by atoms with E-state index in [4.69, 9.17) is 5.11 Å². The third-order valence-corrected chi connectivity index (χ3v) is 3.35. The highest BCUT2D eigenvalue weighted by molar-refractivity contribution is 5.19. The van der Waals surface area contributed by atoms with E-state index in [0.29, 0.717) is 12.1 Å². The Morgan fingerprint density at radius 3 is 2.50 bits per heavy atom. The SMILES string of the molecule is CC[C@@H](c1ccccc1)N(CCO)C1CC1. The topological polar surface area (TPSA) is 23.5 Å². The van der Waals surface area contributed by atoms with Gasteiger partial charge in [-0.05, 0) is 24.8 Å². The molecule has 1 fully saturated rings. The summed E-state index contributed by atoms with van der Waals surface area (Å²) < 4.78 is 0. The van der Waals surface area contributed by atoms with Crippen LogP contribution in [0, 0.1) is 0 Å². The molecule has 0 spiro atoms. The lowest BCUT2D eigenvalue weighted by molar-refractivity contribution is 0.139. The lowest BCUT2D eigenvalue weighted by Crippen LogP contribution is -2.33. The zero-order chi connectivity index (χ0) is 11.4. The Balaban J connectivity index is 2.13. The maximum absolute atomic E-state index is 9.16. The molecule has 0 aliphatic heterocycles. The molecule has 2 rings (SSSR count). The van der Waals surface area contributed by atoms with Gasteiger partial charge in [-0.2, -0.15) is 0 Å². The molecule has 0 aromatic heterocycles. The molecule has 0 saturated heterocycles. The Hall–Kier alpha value is -0.860. The van der Waals surface area contributed by atoms with Crippen LogP contribution in [0.1, 0.15) is 37.8 Å². The van der Waals surface area contributed by atoms with Crippen molar-refractivity contribution < 1.29 is 5.11 Å². The van der Waals surface area contributed by atoms with E-state index < -0.39 is 0 Å². The molecule has 2 heteroatoms. The summed E-state index contributed by atoms with van der Waals surface area (Å²) in [5.74, 6) is 0. The molecule has 0 radical (unpaired) electrons. The normalized spacial score (nSPS) is 17.7. The highest BCUT2D eigenvalue weighted by atomic mass is 16.3. The number of hydrogen-bond donors (Lipinski definition) is 1. The Labute approximate surface area is 97.9 Å². The molecule has 1 aliphatic carbocycles. The van der Waals surface area contributed by atoms with Crippen LogP contribution >= 0.6 is 0 Å². The first kappa shape index (κ1) is 11.6. The lowest BCUT2D eigenvalue weighted by atomic mass is 10.0. The van der Waals surface area contributed by atoms with Crippen LogP contribution in [-0.4, -0.2) is 29.2 Å². The maximum atomic E-state index is 9.16. The average Bonchev–Trinajstić information content (AvgIpc) is 3.14. The number of hydrogen-bond acceptors (Lipinski definition) is 2. The number of nitrogens with zero attached hydrogens (tertiary/aromatic N) is 1. The third-order valence-electron chi connectivity index (χ3n) is 3.35. The monoisotopic (exact) mass is 219 g/mol. The molecule has 88 valence electrons. The lowest BCUT2D eigenvalue weighted by Gasteiger charge is -2.31. The number of rotatable bonds is 6. The second-order valence-electron chi connectivity index (χ2n) is 4.53. The van der Waals surface area contributed by atoms with Gasteiger partial charge in [0, 0.05) is 18.6 Å². The number of benzene rings is 1. The van der Waals surface area contributed by atoms with Gasteiger partial charge in [0.25, 0.3) is 0 Å². The summed E-state index contributed by atoms with van der Waals surface area (Å²) in [5, 5.41) is 9.16. The third kappa shape index (κ3) is 2.63. The van der Waals surface area contributed by atoms with Crippen LogP contribution in [-0.2, 0) is 0 Å². The molecule has 2 nitrogen and oxygen atoms in total. The second-order valence-corrected chi connectivity index (χ2v) is 4.53. The zero-order valence-electron chi connectivity index (χ0n) is 9.97. The van der Waals surface area contributed by atoms with Crippen molar-refractivity contribution in [1.29, 1.82) is 0 Å². The van der Waals surface area contributed by atoms with Gasteiger partial charge in [-0.25, -0.2) is 0 Å². The van der Waals surface area contributed by atoms with Crippen LogP contribution in [0.25, 0.3) is 0 Å². The second kappa shape index (κ2) is 5.46. The Morgan fingerprint density at radius 1 is 1.31 bits per heavy atom. The van der Waals surface area contributed by atoms with Crippen molar-refractivity contribution in [3.05, 3.63) is 35.9 Å². The van der Waals surface area contributed by atoms with Gasteiger partial charge >= 0.3 is 0 Å². The molecular formula is C14H21NO. The molecule has 1 aromatic rings. The molecule has 1 aromatic carbocycles. The van der Waals surface area contributed by atoms with Crippen LogP contribution in [0.4, 0.5) is 0 Å². The molecule has 0 heterocycles. The van der Waals surface area contributed by atoms with Gasteiger partial charge in [0.15, 0.2) is 0 Å². The van der Waals surface area contributed by atoms with Gasteiger partial charge in [-0.3, -0.25) is 4.90 Å². The van der Waals surface area contributed by atoms with Gasteiger partial charge in [0.1, 0.15) is 0 Å². The smallest absolute Gasteiger partial charge is 0.0558 e. The zero-order valence-corrected chi connectivity index (χ0v) is 9.97. The standard InChI is InChI=1S/C14H21NO/c1-2-14(12-6-4-3-5-7-12)15(10-11-16)13-8-9-13/h3-7,13-14,16H,2,8-11H2,1H3/t14-/m0/s1. The van der Waals surface area contributed by atoms with E-state index in [0.717, 1.165) is 13.0 Å². The molecule has 1 atom stereocenters. The number of aliphatic hydroxyl groups excluding tert-OH is 1. The first-order valence-electron chi connectivity index (χ1n) is 6.28. The minimum Gasteiger partial charge on any atom is -0.395 e. The fraction of sp³-hybridized carbons (Fsp3) is 0.571. The van der Waals surface area contributed by atoms with E-state index in [9.17, 15) is 0 Å². The van der Waals surface area contributed by atoms with E-state index >= 15 is 0 Å². The molecule has 16 heavy (non-hydrogen) atoms. The summed E-state index contributed by atoms with van der Waals surface area (Å²) in [7, 11) is 0. The van der Waals surface area contributed by atoms with E-state index in [1.54, 1.807) is 0 Å². The first-order valence-corrected chi connectivity index (χ1v) is 6.28. The summed E-state index contributed by atoms with van der Waals surface area (Å²) in [6, 6.07) is 11.8. The van der Waals surface area contributed by atoms with Crippen LogP contribution in [0.3, 0.4) is 0 Å². The largest absolute Gasteiger partial charge is 0.395 e. The Kier molecular flexibility index (Phi) is 3.97. The Morgan fingerprint density at radius 2 is 2.00 bits per heavy atom. The van der Waals surface area contributed by atoms with Crippen LogP contribution in [0.5, 0.6) is 0 Å². The van der Waals surface area contributed by atoms with E-state index in [1.807, 2.05) is 0 Å². The van der Waals surface area contributed by atoms with Crippen molar-refractivity contribution in [2.75, 3.05) is 13.2 Å². The summed E-state index contributed by atoms with van der Waals surface area (Å²) in [6.07, 6.45) is 3.70. The molecule has 1 N–H and O–H groups in total. The van der Waals surface area contributed by atoms with Crippen molar-refractivity contribution >= 4 is 0 Å².